The fraction of sp³-hybridized carbons (Fsp3) is 0.238. The summed E-state index contributed by atoms with van der Waals surface area (Å²) in [7, 11) is -3.75. The molecule has 0 radical (unpaired) electrons. The topological polar surface area (TPSA) is 142 Å². The van der Waals surface area contributed by atoms with Crippen molar-refractivity contribution in [2.45, 2.75) is 38.5 Å². The summed E-state index contributed by atoms with van der Waals surface area (Å²) in [6.07, 6.45) is 7.12. The van der Waals surface area contributed by atoms with Crippen LogP contribution in [0.25, 0.3) is 0 Å². The maximum Gasteiger partial charge on any atom is 0.269 e. The van der Waals surface area contributed by atoms with Crippen LogP contribution in [-0.2, 0) is 22.9 Å². The van der Waals surface area contributed by atoms with Gasteiger partial charge in [0.2, 0.25) is 5.96 Å². The maximum absolute atomic E-state index is 13.1. The Morgan fingerprint density at radius 2 is 1.81 bits per heavy atom. The maximum atomic E-state index is 13.1. The van der Waals surface area contributed by atoms with Gasteiger partial charge in [0.1, 0.15) is 6.33 Å². The summed E-state index contributed by atoms with van der Waals surface area (Å²) in [5, 5.41) is 16.6. The number of guanidine groups is 1. The van der Waals surface area contributed by atoms with Crippen LogP contribution in [0, 0.1) is 37.6 Å². The van der Waals surface area contributed by atoms with E-state index in [4.69, 9.17) is 16.4 Å². The number of benzene rings is 1. The van der Waals surface area contributed by atoms with Gasteiger partial charge in [0.15, 0.2) is 6.19 Å². The lowest BCUT2D eigenvalue weighted by Gasteiger charge is -2.13. The second-order valence-corrected chi connectivity index (χ2v) is 9.03. The molecule has 2 aromatic heterocycles. The predicted octanol–water partition coefficient (Wildman–Crippen LogP) is 2.41. The van der Waals surface area contributed by atoms with Crippen molar-refractivity contribution >= 4 is 21.7 Å². The van der Waals surface area contributed by atoms with E-state index in [1.54, 1.807) is 26.0 Å². The first-order chi connectivity index (χ1) is 14.6. The van der Waals surface area contributed by atoms with Crippen molar-refractivity contribution in [3.8, 4) is 6.19 Å². The number of hydrogen-bond donors (Lipinski definition) is 2. The number of nitrogens with two attached hydrogens (primary N) is 1. The van der Waals surface area contributed by atoms with Crippen LogP contribution in [0.4, 0.5) is 5.69 Å². The Morgan fingerprint density at radius 1 is 1.16 bits per heavy atom. The molecule has 9 nitrogen and oxygen atoms in total. The number of nitrogens with zero attached hydrogens (tertiary/aromatic N) is 5. The van der Waals surface area contributed by atoms with Crippen LogP contribution in [0.1, 0.15) is 28.1 Å². The first-order valence-corrected chi connectivity index (χ1v) is 10.9. The molecule has 0 aliphatic heterocycles. The molecule has 10 heteroatoms. The average Bonchev–Trinajstić information content (AvgIpc) is 3.16. The Morgan fingerprint density at radius 3 is 2.42 bits per heavy atom. The molecule has 0 fully saturated rings. The highest BCUT2D eigenvalue weighted by Gasteiger charge is 2.22. The van der Waals surface area contributed by atoms with E-state index in [0.29, 0.717) is 41.0 Å². The van der Waals surface area contributed by atoms with E-state index in [1.807, 2.05) is 25.2 Å². The van der Waals surface area contributed by atoms with Crippen molar-refractivity contribution in [1.29, 1.82) is 10.7 Å². The minimum absolute atomic E-state index is 0.289. The lowest BCUT2D eigenvalue weighted by Crippen LogP contribution is -2.32. The summed E-state index contributed by atoms with van der Waals surface area (Å²) in [5.41, 5.74) is 9.52. The predicted molar refractivity (Wildman–Crippen MR) is 117 cm³/mol. The number of nitriles is 1. The molecule has 0 bridgehead atoms. The van der Waals surface area contributed by atoms with E-state index in [0.717, 1.165) is 14.4 Å². The van der Waals surface area contributed by atoms with E-state index in [2.05, 4.69) is 9.97 Å². The molecule has 3 rings (SSSR count). The molecule has 0 spiro atoms. The van der Waals surface area contributed by atoms with Crippen LogP contribution in [0.3, 0.4) is 0 Å². The van der Waals surface area contributed by atoms with Gasteiger partial charge in [-0.25, -0.2) is 22.3 Å². The van der Waals surface area contributed by atoms with Crippen LogP contribution < -0.4 is 10.6 Å². The zero-order valence-electron chi connectivity index (χ0n) is 17.5. The van der Waals surface area contributed by atoms with Crippen molar-refractivity contribution in [2.24, 2.45) is 5.73 Å². The molecule has 31 heavy (non-hydrogen) atoms. The number of aromatic nitrogens is 3. The highest BCUT2D eigenvalue weighted by molar-refractivity contribution is 7.90. The highest BCUT2D eigenvalue weighted by Crippen LogP contribution is 2.24. The van der Waals surface area contributed by atoms with Crippen LogP contribution in [0.2, 0.25) is 0 Å². The molecular formula is C21H23N7O2S. The third-order valence-corrected chi connectivity index (χ3v) is 6.70. The molecule has 0 unspecified atom stereocenters. The smallest absolute Gasteiger partial charge is 0.269 e. The molecule has 0 amide bonds. The molecule has 160 valence electrons. The zero-order chi connectivity index (χ0) is 22.8. The van der Waals surface area contributed by atoms with Crippen LogP contribution >= 0.6 is 0 Å². The highest BCUT2D eigenvalue weighted by atomic mass is 32.2. The molecule has 3 aromatic rings. The third-order valence-electron chi connectivity index (χ3n) is 4.79. The lowest BCUT2D eigenvalue weighted by atomic mass is 10.1. The number of anilines is 1. The lowest BCUT2D eigenvalue weighted by molar-refractivity contribution is 0.586. The fourth-order valence-corrected chi connectivity index (χ4v) is 5.11. The number of imidazole rings is 1. The van der Waals surface area contributed by atoms with Gasteiger partial charge in [0, 0.05) is 18.1 Å². The van der Waals surface area contributed by atoms with Crippen molar-refractivity contribution in [1.82, 2.24) is 13.9 Å². The molecular weight excluding hydrogens is 414 g/mol. The summed E-state index contributed by atoms with van der Waals surface area (Å²) >= 11 is 0. The van der Waals surface area contributed by atoms with Gasteiger partial charge in [-0.3, -0.25) is 10.4 Å². The van der Waals surface area contributed by atoms with Gasteiger partial charge in [0.25, 0.3) is 10.0 Å². The molecule has 0 atom stereocenters. The van der Waals surface area contributed by atoms with E-state index in [1.165, 1.54) is 18.7 Å². The summed E-state index contributed by atoms with van der Waals surface area (Å²) in [5.74, 6) is -0.384. The Bertz CT molecular complexity index is 1270. The second kappa shape index (κ2) is 8.57. The van der Waals surface area contributed by atoms with Gasteiger partial charge in [0.05, 0.1) is 16.3 Å². The number of nitrogens with one attached hydrogen (secondary N) is 1. The zero-order valence-corrected chi connectivity index (χ0v) is 18.3. The van der Waals surface area contributed by atoms with Crippen molar-refractivity contribution in [3.05, 3.63) is 71.1 Å². The summed E-state index contributed by atoms with van der Waals surface area (Å²) < 4.78 is 27.4. The standard InChI is InChI=1S/C21H23N7O2S/c1-14-8-15(2)20(16(3)9-14)31(29,30)27-11-18(26-13-27)5-4-17-10-19(6-7-25-17)28(12-22)21(23)24/h6-11,13H,4-5H2,1-3H3,(H3,23,24). The summed E-state index contributed by atoms with van der Waals surface area (Å²) in [6, 6.07) is 6.95. The van der Waals surface area contributed by atoms with Crippen LogP contribution in [0.15, 0.2) is 47.9 Å². The van der Waals surface area contributed by atoms with Gasteiger partial charge in [-0.05, 0) is 56.9 Å². The molecule has 2 heterocycles. The van der Waals surface area contributed by atoms with Crippen LogP contribution in [0.5, 0.6) is 0 Å². The molecule has 1 aromatic carbocycles. The second-order valence-electron chi connectivity index (χ2n) is 7.25. The number of aryl methyl sites for hydroxylation is 5. The van der Waals surface area contributed by atoms with Gasteiger partial charge in [-0.1, -0.05) is 17.7 Å². The monoisotopic (exact) mass is 437 g/mol. The Balaban J connectivity index is 1.80. The van der Waals surface area contributed by atoms with E-state index in [9.17, 15) is 8.42 Å². The van der Waals surface area contributed by atoms with Crippen molar-refractivity contribution in [2.75, 3.05) is 4.90 Å². The van der Waals surface area contributed by atoms with E-state index in [-0.39, 0.29) is 10.9 Å². The van der Waals surface area contributed by atoms with Crippen LogP contribution in [-0.4, -0.2) is 28.3 Å². The Kier molecular flexibility index (Phi) is 6.08. The van der Waals surface area contributed by atoms with Crippen molar-refractivity contribution in [3.63, 3.8) is 0 Å². The van der Waals surface area contributed by atoms with E-state index < -0.39 is 10.0 Å². The van der Waals surface area contributed by atoms with Gasteiger partial charge >= 0.3 is 0 Å². The molecule has 0 saturated carbocycles. The molecule has 0 saturated heterocycles. The molecule has 0 aliphatic rings. The average molecular weight is 438 g/mol. The van der Waals surface area contributed by atoms with Gasteiger partial charge in [-0.2, -0.15) is 5.26 Å². The van der Waals surface area contributed by atoms with Gasteiger partial charge < -0.3 is 5.73 Å². The number of rotatable bonds is 6. The minimum Gasteiger partial charge on any atom is -0.369 e. The Labute approximate surface area is 181 Å². The fourth-order valence-electron chi connectivity index (χ4n) is 3.53. The molecule has 3 N–H and O–H groups in total. The minimum atomic E-state index is -3.75. The number of pyridine rings is 1. The van der Waals surface area contributed by atoms with E-state index >= 15 is 0 Å². The summed E-state index contributed by atoms with van der Waals surface area (Å²) in [6.45, 7) is 5.50. The normalized spacial score (nSPS) is 11.2. The first kappa shape index (κ1) is 22.0. The van der Waals surface area contributed by atoms with Crippen molar-refractivity contribution < 1.29 is 8.42 Å². The third kappa shape index (κ3) is 4.57. The first-order valence-electron chi connectivity index (χ1n) is 9.48. The SMILES string of the molecule is Cc1cc(C)c(S(=O)(=O)n2cnc(CCc3cc(N(C#N)C(=N)N)ccn3)c2)c(C)c1. The summed E-state index contributed by atoms with van der Waals surface area (Å²) in [4.78, 5) is 9.78. The quantitative estimate of drug-likeness (QED) is 0.261. The number of hydrogen-bond acceptors (Lipinski definition) is 6. The Hall–Kier alpha value is -3.71. The largest absolute Gasteiger partial charge is 0.369 e. The van der Waals surface area contributed by atoms with Gasteiger partial charge in [-0.15, -0.1) is 0 Å². The molecule has 0 aliphatic carbocycles.